The summed E-state index contributed by atoms with van der Waals surface area (Å²) in [7, 11) is -3.89. The summed E-state index contributed by atoms with van der Waals surface area (Å²) in [5.74, 6) is -0.613. The minimum Gasteiger partial charge on any atom is -0.398 e. The third kappa shape index (κ3) is 3.01. The van der Waals surface area contributed by atoms with E-state index < -0.39 is 15.8 Å². The van der Waals surface area contributed by atoms with E-state index in [-0.39, 0.29) is 21.6 Å². The summed E-state index contributed by atoms with van der Waals surface area (Å²) in [4.78, 5) is 3.71. The Kier molecular flexibility index (Phi) is 4.48. The van der Waals surface area contributed by atoms with E-state index in [9.17, 15) is 12.8 Å². The van der Waals surface area contributed by atoms with Gasteiger partial charge in [-0.3, -0.25) is 9.29 Å². The Balaban J connectivity index is 2.58. The van der Waals surface area contributed by atoms with Gasteiger partial charge in [-0.2, -0.15) is 0 Å². The predicted molar refractivity (Wildman–Crippen MR) is 83.0 cm³/mol. The first-order chi connectivity index (χ1) is 9.87. The van der Waals surface area contributed by atoms with Gasteiger partial charge in [0.1, 0.15) is 10.7 Å². The molecule has 112 valence electrons. The zero-order valence-corrected chi connectivity index (χ0v) is 13.5. The molecule has 0 aliphatic rings. The normalized spacial score (nSPS) is 11.4. The number of sulfonamides is 1. The molecule has 2 N–H and O–H groups in total. The molecule has 0 aliphatic carbocycles. The molecule has 0 saturated heterocycles. The zero-order valence-electron chi connectivity index (χ0n) is 11.1. The fraction of sp³-hybridized carbons (Fsp3) is 0.154. The Hall–Kier alpha value is -1.67. The van der Waals surface area contributed by atoms with E-state index in [1.54, 1.807) is 19.1 Å². The Morgan fingerprint density at radius 3 is 2.52 bits per heavy atom. The van der Waals surface area contributed by atoms with E-state index in [0.717, 1.165) is 6.07 Å². The van der Waals surface area contributed by atoms with Gasteiger partial charge < -0.3 is 5.73 Å². The summed E-state index contributed by atoms with van der Waals surface area (Å²) >= 11 is 2.98. The lowest BCUT2D eigenvalue weighted by Crippen LogP contribution is -2.31. The summed E-state index contributed by atoms with van der Waals surface area (Å²) < 4.78 is 40.1. The summed E-state index contributed by atoms with van der Waals surface area (Å²) in [5.41, 5.74) is 6.00. The first kappa shape index (κ1) is 15.7. The Morgan fingerprint density at radius 2 is 1.95 bits per heavy atom. The topological polar surface area (TPSA) is 76.3 Å². The first-order valence-electron chi connectivity index (χ1n) is 6.05. The maximum absolute atomic E-state index is 13.4. The minimum atomic E-state index is -3.89. The third-order valence-corrected chi connectivity index (χ3v) is 5.43. The molecule has 21 heavy (non-hydrogen) atoms. The Bertz CT molecular complexity index is 754. The highest BCUT2D eigenvalue weighted by molar-refractivity contribution is 9.10. The van der Waals surface area contributed by atoms with Crippen molar-refractivity contribution in [3.63, 3.8) is 0 Å². The van der Waals surface area contributed by atoms with Gasteiger partial charge in [-0.25, -0.2) is 12.8 Å². The molecule has 0 amide bonds. The van der Waals surface area contributed by atoms with Crippen molar-refractivity contribution in [1.82, 2.24) is 4.98 Å². The van der Waals surface area contributed by atoms with Crippen LogP contribution >= 0.6 is 15.9 Å². The van der Waals surface area contributed by atoms with E-state index >= 15 is 0 Å². The second kappa shape index (κ2) is 5.98. The summed E-state index contributed by atoms with van der Waals surface area (Å²) in [5, 5.41) is 0. The lowest BCUT2D eigenvalue weighted by Gasteiger charge is -2.23. The van der Waals surface area contributed by atoms with Crippen LogP contribution in [0.2, 0.25) is 0 Å². The monoisotopic (exact) mass is 373 g/mol. The third-order valence-electron chi connectivity index (χ3n) is 2.86. The van der Waals surface area contributed by atoms with Gasteiger partial charge in [0.25, 0.3) is 10.0 Å². The van der Waals surface area contributed by atoms with Gasteiger partial charge in [0, 0.05) is 18.9 Å². The molecule has 0 bridgehead atoms. The van der Waals surface area contributed by atoms with E-state index in [0.29, 0.717) is 5.69 Å². The number of nitrogens with zero attached hydrogens (tertiary/aromatic N) is 2. The highest BCUT2D eigenvalue weighted by atomic mass is 79.9. The standard InChI is InChI=1S/C13H13BrFN3O2S/c1-2-18(9-3-5-17-6-4-9)21(19,20)13-7-10(14)11(15)8-12(13)16/h3-8H,2,16H2,1H3. The Labute approximate surface area is 130 Å². The minimum absolute atomic E-state index is 0.0426. The molecule has 0 radical (unpaired) electrons. The van der Waals surface area contributed by atoms with Crippen LogP contribution in [-0.2, 0) is 10.0 Å². The van der Waals surface area contributed by atoms with Gasteiger partial charge in [-0.1, -0.05) is 0 Å². The van der Waals surface area contributed by atoms with Crippen LogP contribution in [0.1, 0.15) is 6.92 Å². The molecule has 2 rings (SSSR count). The van der Waals surface area contributed by atoms with E-state index in [4.69, 9.17) is 5.73 Å². The van der Waals surface area contributed by atoms with Crippen LogP contribution in [0.25, 0.3) is 0 Å². The number of pyridine rings is 1. The van der Waals surface area contributed by atoms with Crippen LogP contribution in [0.4, 0.5) is 15.8 Å². The van der Waals surface area contributed by atoms with Crippen LogP contribution in [0, 0.1) is 5.82 Å². The van der Waals surface area contributed by atoms with E-state index in [1.807, 2.05) is 0 Å². The number of nitrogens with two attached hydrogens (primary N) is 1. The number of halogens is 2. The first-order valence-corrected chi connectivity index (χ1v) is 8.28. The van der Waals surface area contributed by atoms with Gasteiger partial charge >= 0.3 is 0 Å². The van der Waals surface area contributed by atoms with Crippen molar-refractivity contribution in [2.45, 2.75) is 11.8 Å². The van der Waals surface area contributed by atoms with Crippen molar-refractivity contribution in [2.24, 2.45) is 0 Å². The lowest BCUT2D eigenvalue weighted by atomic mass is 10.3. The van der Waals surface area contributed by atoms with Crippen molar-refractivity contribution < 1.29 is 12.8 Å². The number of nitrogen functional groups attached to an aromatic ring is 1. The predicted octanol–water partition coefficient (Wildman–Crippen LogP) is 2.78. The number of hydrogen-bond acceptors (Lipinski definition) is 4. The molecule has 0 aliphatic heterocycles. The van der Waals surface area contributed by atoms with Gasteiger partial charge in [0.2, 0.25) is 0 Å². The van der Waals surface area contributed by atoms with Crippen LogP contribution in [0.3, 0.4) is 0 Å². The molecular formula is C13H13BrFN3O2S. The highest BCUT2D eigenvalue weighted by Crippen LogP contribution is 2.30. The number of rotatable bonds is 4. The summed E-state index contributed by atoms with van der Waals surface area (Å²) in [6.07, 6.45) is 2.99. The smallest absolute Gasteiger partial charge is 0.266 e. The van der Waals surface area contributed by atoms with Crippen molar-refractivity contribution in [3.05, 3.63) is 46.9 Å². The van der Waals surface area contributed by atoms with Crippen molar-refractivity contribution in [3.8, 4) is 0 Å². The van der Waals surface area contributed by atoms with Gasteiger partial charge in [-0.15, -0.1) is 0 Å². The van der Waals surface area contributed by atoms with E-state index in [2.05, 4.69) is 20.9 Å². The molecule has 0 atom stereocenters. The quantitative estimate of drug-likeness (QED) is 0.835. The second-order valence-corrected chi connectivity index (χ2v) is 6.86. The van der Waals surface area contributed by atoms with Crippen molar-refractivity contribution >= 4 is 37.3 Å². The van der Waals surface area contributed by atoms with Crippen LogP contribution < -0.4 is 10.0 Å². The van der Waals surface area contributed by atoms with Crippen molar-refractivity contribution in [2.75, 3.05) is 16.6 Å². The molecule has 5 nitrogen and oxygen atoms in total. The van der Waals surface area contributed by atoms with Crippen LogP contribution in [-0.4, -0.2) is 19.9 Å². The van der Waals surface area contributed by atoms with Crippen LogP contribution in [0.5, 0.6) is 0 Å². The highest BCUT2D eigenvalue weighted by Gasteiger charge is 2.26. The number of aromatic nitrogens is 1. The fourth-order valence-electron chi connectivity index (χ4n) is 1.89. The number of benzene rings is 1. The van der Waals surface area contributed by atoms with E-state index in [1.165, 1.54) is 22.8 Å². The molecular weight excluding hydrogens is 361 g/mol. The SMILES string of the molecule is CCN(c1ccncc1)S(=O)(=O)c1cc(Br)c(F)cc1N. The van der Waals surface area contributed by atoms with Crippen LogP contribution in [0.15, 0.2) is 46.0 Å². The molecule has 1 heterocycles. The molecule has 2 aromatic rings. The second-order valence-electron chi connectivity index (χ2n) is 4.18. The van der Waals surface area contributed by atoms with Gasteiger partial charge in [-0.05, 0) is 47.1 Å². The molecule has 0 unspecified atom stereocenters. The zero-order chi connectivity index (χ0) is 15.6. The van der Waals surface area contributed by atoms with Gasteiger partial charge in [0.05, 0.1) is 15.8 Å². The van der Waals surface area contributed by atoms with Gasteiger partial charge in [0.15, 0.2) is 0 Å². The summed E-state index contributed by atoms with van der Waals surface area (Å²) in [6.45, 7) is 1.91. The largest absolute Gasteiger partial charge is 0.398 e. The lowest BCUT2D eigenvalue weighted by molar-refractivity contribution is 0.590. The molecule has 0 spiro atoms. The fourth-order valence-corrected chi connectivity index (χ4v) is 3.98. The maximum Gasteiger partial charge on any atom is 0.266 e. The molecule has 1 aromatic carbocycles. The summed E-state index contributed by atoms with van der Waals surface area (Å²) in [6, 6.07) is 5.31. The maximum atomic E-state index is 13.4. The number of hydrogen-bond donors (Lipinski definition) is 1. The van der Waals surface area contributed by atoms with Crippen molar-refractivity contribution in [1.29, 1.82) is 0 Å². The Morgan fingerprint density at radius 1 is 1.33 bits per heavy atom. The number of anilines is 2. The molecule has 0 fully saturated rings. The molecule has 0 saturated carbocycles. The average molecular weight is 374 g/mol. The average Bonchev–Trinajstić information content (AvgIpc) is 2.44. The molecule has 1 aromatic heterocycles. The molecule has 8 heteroatoms.